The van der Waals surface area contributed by atoms with E-state index in [2.05, 4.69) is 32.7 Å². The number of carbonyl (C=O) groups is 2. The smallest absolute Gasteiger partial charge is 0.234 e. The topological polar surface area (TPSA) is 79.7 Å². The maximum atomic E-state index is 13.7. The van der Waals surface area contributed by atoms with Crippen molar-refractivity contribution in [1.29, 1.82) is 0 Å². The van der Waals surface area contributed by atoms with Crippen molar-refractivity contribution in [3.8, 4) is 0 Å². The van der Waals surface area contributed by atoms with Crippen molar-refractivity contribution in [3.63, 3.8) is 0 Å². The Labute approximate surface area is 205 Å². The number of ether oxygens (including phenoxy) is 1. The molecule has 2 fully saturated rings. The monoisotopic (exact) mass is 472 g/mol. The molecular formula is C28H44N2O4. The van der Waals surface area contributed by atoms with Gasteiger partial charge < -0.3 is 9.84 Å². The fourth-order valence-corrected chi connectivity index (χ4v) is 5.27. The molecule has 6 heteroatoms. The van der Waals surface area contributed by atoms with E-state index in [1.165, 1.54) is 0 Å². The van der Waals surface area contributed by atoms with E-state index in [9.17, 15) is 14.7 Å². The van der Waals surface area contributed by atoms with E-state index >= 15 is 0 Å². The molecule has 0 spiro atoms. The molecule has 1 aromatic rings. The van der Waals surface area contributed by atoms with Gasteiger partial charge in [0.1, 0.15) is 11.6 Å². The molecule has 6 nitrogen and oxygen atoms in total. The Balaban J connectivity index is 1.71. The second kappa shape index (κ2) is 12.3. The highest BCUT2D eigenvalue weighted by Crippen LogP contribution is 2.38. The largest absolute Gasteiger partial charge is 0.392 e. The maximum absolute atomic E-state index is 13.7. The lowest BCUT2D eigenvalue weighted by Gasteiger charge is -2.36. The third-order valence-electron chi connectivity index (χ3n) is 7.27. The first-order valence-electron chi connectivity index (χ1n) is 13.3. The molecule has 1 aromatic heterocycles. The molecule has 1 heterocycles. The second-order valence-electron chi connectivity index (χ2n) is 11.0. The molecule has 0 saturated heterocycles. The number of ketones is 1. The first kappa shape index (κ1) is 26.8. The number of pyridine rings is 1. The number of amides is 1. The van der Waals surface area contributed by atoms with Gasteiger partial charge in [-0.05, 0) is 68.4 Å². The Morgan fingerprint density at radius 2 is 1.82 bits per heavy atom. The summed E-state index contributed by atoms with van der Waals surface area (Å²) in [6, 6.07) is 4.11. The summed E-state index contributed by atoms with van der Waals surface area (Å²) >= 11 is 0. The van der Waals surface area contributed by atoms with Crippen LogP contribution in [0.3, 0.4) is 0 Å². The van der Waals surface area contributed by atoms with Gasteiger partial charge in [-0.15, -0.1) is 0 Å². The highest BCUT2D eigenvalue weighted by Gasteiger charge is 2.45. The van der Waals surface area contributed by atoms with Crippen molar-refractivity contribution in [1.82, 2.24) is 4.98 Å². The van der Waals surface area contributed by atoms with E-state index in [1.54, 1.807) is 4.90 Å². The zero-order valence-corrected chi connectivity index (χ0v) is 21.7. The zero-order chi connectivity index (χ0) is 24.8. The lowest BCUT2D eigenvalue weighted by Crippen LogP contribution is -2.48. The first-order chi connectivity index (χ1) is 16.2. The van der Waals surface area contributed by atoms with Gasteiger partial charge in [0.05, 0.1) is 12.0 Å². The van der Waals surface area contributed by atoms with Crippen LogP contribution in [-0.2, 0) is 14.3 Å². The molecule has 34 heavy (non-hydrogen) atoms. The van der Waals surface area contributed by atoms with Crippen LogP contribution in [0.4, 0.5) is 5.82 Å². The number of hydrogen-bond donors (Lipinski definition) is 1. The zero-order valence-electron chi connectivity index (χ0n) is 21.7. The minimum Gasteiger partial charge on any atom is -0.392 e. The lowest BCUT2D eigenvalue weighted by atomic mass is 9.74. The minimum atomic E-state index is -0.934. The minimum absolute atomic E-state index is 0.0766. The van der Waals surface area contributed by atoms with E-state index in [-0.39, 0.29) is 23.7 Å². The van der Waals surface area contributed by atoms with Crippen molar-refractivity contribution in [2.75, 3.05) is 18.1 Å². The molecule has 0 aromatic carbocycles. The van der Waals surface area contributed by atoms with Crippen LogP contribution in [0.25, 0.3) is 0 Å². The van der Waals surface area contributed by atoms with Gasteiger partial charge in [-0.25, -0.2) is 4.98 Å². The molecule has 1 amide bonds. The Hall–Kier alpha value is -1.79. The summed E-state index contributed by atoms with van der Waals surface area (Å²) in [5, 5.41) is 11.2. The maximum Gasteiger partial charge on any atom is 0.234 e. The van der Waals surface area contributed by atoms with Crippen LogP contribution < -0.4 is 4.90 Å². The third-order valence-corrected chi connectivity index (χ3v) is 7.27. The Morgan fingerprint density at radius 1 is 1.12 bits per heavy atom. The molecule has 190 valence electrons. The highest BCUT2D eigenvalue weighted by atomic mass is 16.5. The summed E-state index contributed by atoms with van der Waals surface area (Å²) in [6.07, 6.45) is 6.20. The molecular weight excluding hydrogens is 428 g/mol. The number of nitrogens with zero attached hydrogens (tertiary/aromatic N) is 2. The molecule has 3 rings (SSSR count). The molecule has 4 atom stereocenters. The SMILES string of the molecule is CCOC[C@H](CC(=O)[C@@H]1CCC[C@H](C(=O)N(c2ccc(C(C)C)cn2)C2CC2)[C@@H]1O)CC(C)C. The summed E-state index contributed by atoms with van der Waals surface area (Å²) in [5.41, 5.74) is 1.14. The number of rotatable bonds is 12. The van der Waals surface area contributed by atoms with Crippen molar-refractivity contribution < 1.29 is 19.4 Å². The summed E-state index contributed by atoms with van der Waals surface area (Å²) in [7, 11) is 0. The molecule has 2 saturated carbocycles. The van der Waals surface area contributed by atoms with E-state index in [4.69, 9.17) is 4.74 Å². The Kier molecular flexibility index (Phi) is 9.66. The van der Waals surface area contributed by atoms with Crippen molar-refractivity contribution >= 4 is 17.5 Å². The van der Waals surface area contributed by atoms with E-state index in [0.29, 0.717) is 50.1 Å². The first-order valence-corrected chi connectivity index (χ1v) is 13.3. The van der Waals surface area contributed by atoms with Crippen LogP contribution in [0.15, 0.2) is 18.3 Å². The number of aliphatic hydroxyl groups excluding tert-OH is 1. The van der Waals surface area contributed by atoms with Crippen LogP contribution >= 0.6 is 0 Å². The third kappa shape index (κ3) is 6.88. The van der Waals surface area contributed by atoms with Crippen molar-refractivity contribution in [3.05, 3.63) is 23.9 Å². The highest BCUT2D eigenvalue weighted by molar-refractivity contribution is 5.96. The van der Waals surface area contributed by atoms with Gasteiger partial charge in [0, 0.05) is 37.8 Å². The Bertz CT molecular complexity index is 803. The number of carbonyl (C=O) groups excluding carboxylic acids is 2. The standard InChI is InChI=1S/C28H44N2O4/c1-6-34-17-20(14-18(2)3)15-25(31)23-8-7-9-24(27(23)32)28(33)30(22-11-12-22)26-13-10-21(16-29-26)19(4)5/h10,13,16,18-20,22-24,27,32H,6-9,11-12,14-15,17H2,1-5H3/t20-,23-,24-,27+/m0/s1. The second-order valence-corrected chi connectivity index (χ2v) is 11.0. The number of Topliss-reactive ketones (excluding diaryl/α,β-unsaturated/α-hetero) is 1. The molecule has 1 N–H and O–H groups in total. The van der Waals surface area contributed by atoms with Crippen molar-refractivity contribution in [2.45, 2.75) is 97.6 Å². The quantitative estimate of drug-likeness (QED) is 0.456. The number of hydrogen-bond acceptors (Lipinski definition) is 5. The van der Waals surface area contributed by atoms with Gasteiger partial charge in [0.2, 0.25) is 5.91 Å². The number of aliphatic hydroxyl groups is 1. The predicted molar refractivity (Wildman–Crippen MR) is 135 cm³/mol. The van der Waals surface area contributed by atoms with E-state index in [1.807, 2.05) is 25.3 Å². The van der Waals surface area contributed by atoms with Crippen molar-refractivity contribution in [2.24, 2.45) is 23.7 Å². The molecule has 0 unspecified atom stereocenters. The van der Waals surface area contributed by atoms with Crippen LogP contribution in [-0.4, -0.2) is 47.1 Å². The van der Waals surface area contributed by atoms with Gasteiger partial charge in [-0.3, -0.25) is 14.5 Å². The molecule has 0 bridgehead atoms. The lowest BCUT2D eigenvalue weighted by molar-refractivity contribution is -0.137. The average molecular weight is 473 g/mol. The summed E-state index contributed by atoms with van der Waals surface area (Å²) in [4.78, 5) is 33.3. The van der Waals surface area contributed by atoms with Gasteiger partial charge in [-0.1, -0.05) is 40.2 Å². The predicted octanol–water partition coefficient (Wildman–Crippen LogP) is 5.14. The van der Waals surface area contributed by atoms with Gasteiger partial charge in [0.15, 0.2) is 0 Å². The van der Waals surface area contributed by atoms with Gasteiger partial charge in [0.25, 0.3) is 0 Å². The van der Waals surface area contributed by atoms with Crippen LogP contribution in [0.2, 0.25) is 0 Å². The van der Waals surface area contributed by atoms with Gasteiger partial charge >= 0.3 is 0 Å². The molecule has 0 radical (unpaired) electrons. The Morgan fingerprint density at radius 3 is 2.38 bits per heavy atom. The molecule has 2 aliphatic rings. The van der Waals surface area contributed by atoms with Crippen LogP contribution in [0, 0.1) is 23.7 Å². The average Bonchev–Trinajstić information content (AvgIpc) is 3.62. The van der Waals surface area contributed by atoms with Crippen LogP contribution in [0.1, 0.15) is 91.0 Å². The molecule has 2 aliphatic carbocycles. The summed E-state index contributed by atoms with van der Waals surface area (Å²) < 4.78 is 5.63. The van der Waals surface area contributed by atoms with Gasteiger partial charge in [-0.2, -0.15) is 0 Å². The number of aromatic nitrogens is 1. The summed E-state index contributed by atoms with van der Waals surface area (Å²) in [6.45, 7) is 11.7. The van der Waals surface area contributed by atoms with E-state index in [0.717, 1.165) is 31.2 Å². The van der Waals surface area contributed by atoms with E-state index < -0.39 is 17.9 Å². The molecule has 0 aliphatic heterocycles. The van der Waals surface area contributed by atoms with Crippen LogP contribution in [0.5, 0.6) is 0 Å². The number of anilines is 1. The fraction of sp³-hybridized carbons (Fsp3) is 0.750. The summed E-state index contributed by atoms with van der Waals surface area (Å²) in [5.74, 6) is 0.639. The fourth-order valence-electron chi connectivity index (χ4n) is 5.27. The normalized spacial score (nSPS) is 23.8.